The number of hydrogen-bond acceptors (Lipinski definition) is 3. The van der Waals surface area contributed by atoms with Crippen molar-refractivity contribution in [3.8, 4) is 0 Å². The van der Waals surface area contributed by atoms with Crippen LogP contribution in [-0.4, -0.2) is 48.1 Å². The molecule has 7 heteroatoms. The summed E-state index contributed by atoms with van der Waals surface area (Å²) < 4.78 is 0. The van der Waals surface area contributed by atoms with Crippen LogP contribution >= 0.6 is 23.2 Å². The average molecular weight is 495 g/mol. The Bertz CT molecular complexity index is 790. The van der Waals surface area contributed by atoms with Gasteiger partial charge in [0.25, 0.3) is 0 Å². The van der Waals surface area contributed by atoms with Crippen molar-refractivity contribution in [1.29, 1.82) is 0 Å². The van der Waals surface area contributed by atoms with Crippen LogP contribution in [-0.2, 0) is 0 Å². The van der Waals surface area contributed by atoms with Gasteiger partial charge in [0.2, 0.25) is 0 Å². The topological polar surface area (TPSA) is 65.7 Å². The molecule has 4 N–H and O–H groups in total. The van der Waals surface area contributed by atoms with Gasteiger partial charge in [-0.15, -0.1) is 0 Å². The van der Waals surface area contributed by atoms with Gasteiger partial charge in [-0.2, -0.15) is 0 Å². The highest BCUT2D eigenvalue weighted by Crippen LogP contribution is 2.36. The third-order valence-electron chi connectivity index (χ3n) is 7.71. The Morgan fingerprint density at radius 2 is 1.61 bits per heavy atom. The molecular weight excluding hydrogens is 453 g/mol. The highest BCUT2D eigenvalue weighted by molar-refractivity contribution is 6.36. The van der Waals surface area contributed by atoms with Gasteiger partial charge in [-0.1, -0.05) is 23.2 Å². The predicted molar refractivity (Wildman–Crippen MR) is 141 cm³/mol. The third kappa shape index (κ3) is 7.24. The van der Waals surface area contributed by atoms with Crippen LogP contribution < -0.4 is 16.4 Å². The molecule has 1 saturated heterocycles. The molecule has 3 fully saturated rings. The molecule has 5 nitrogen and oxygen atoms in total. The number of aliphatic imine (C=N–C) groups is 1. The van der Waals surface area contributed by atoms with Gasteiger partial charge < -0.3 is 21.3 Å². The first-order valence-electron chi connectivity index (χ1n) is 12.9. The van der Waals surface area contributed by atoms with E-state index in [1.807, 2.05) is 12.1 Å². The molecule has 0 spiro atoms. The Kier molecular flexibility index (Phi) is 8.83. The summed E-state index contributed by atoms with van der Waals surface area (Å²) in [5.74, 6) is 2.70. The largest absolute Gasteiger partial charge is 0.340 e. The first-order chi connectivity index (χ1) is 15.9. The number of nitrogens with one attached hydrogen (secondary N) is 2. The average Bonchev–Trinajstić information content (AvgIpc) is 2.77. The third-order valence-corrected chi connectivity index (χ3v) is 8.26. The Labute approximate surface area is 209 Å². The SMILES string of the molecule is CC1CN(C(=NC2CCC(CC3CCC(N)CC3)CC2)Nc2ccc(Cl)cc2Cl)CC(C)N1. The molecule has 0 aromatic heterocycles. The van der Waals surface area contributed by atoms with E-state index >= 15 is 0 Å². The minimum atomic E-state index is 0.370. The molecule has 1 heterocycles. The number of guanidine groups is 1. The monoisotopic (exact) mass is 493 g/mol. The Morgan fingerprint density at radius 1 is 1.00 bits per heavy atom. The molecule has 33 heavy (non-hydrogen) atoms. The standard InChI is InChI=1S/C26H41Cl2N5/c1-17-15-33(16-18(2)30-17)26(32-25-12-7-21(27)14-24(25)28)31-23-10-5-20(6-11-23)13-19-3-8-22(29)9-4-19/h7,12,14,17-20,22-23,30H,3-6,8-11,13,15-16,29H2,1-2H3,(H,31,32). The van der Waals surface area contributed by atoms with Crippen LogP contribution in [0.15, 0.2) is 23.2 Å². The molecule has 0 amide bonds. The van der Waals surface area contributed by atoms with E-state index in [0.29, 0.717) is 34.2 Å². The molecule has 1 aromatic rings. The number of anilines is 1. The zero-order valence-electron chi connectivity index (χ0n) is 20.2. The van der Waals surface area contributed by atoms with Crippen LogP contribution in [0, 0.1) is 11.8 Å². The lowest BCUT2D eigenvalue weighted by Gasteiger charge is -2.39. The molecule has 184 valence electrons. The molecule has 2 aliphatic carbocycles. The molecule has 0 bridgehead atoms. The number of rotatable bonds is 4. The summed E-state index contributed by atoms with van der Waals surface area (Å²) >= 11 is 12.6. The lowest BCUT2D eigenvalue weighted by atomic mass is 9.76. The van der Waals surface area contributed by atoms with Gasteiger partial charge in [0, 0.05) is 36.2 Å². The van der Waals surface area contributed by atoms with Gasteiger partial charge in [0.1, 0.15) is 0 Å². The van der Waals surface area contributed by atoms with Crippen molar-refractivity contribution < 1.29 is 0 Å². The highest BCUT2D eigenvalue weighted by atomic mass is 35.5. The molecule has 2 unspecified atom stereocenters. The fraction of sp³-hybridized carbons (Fsp3) is 0.731. The summed E-state index contributed by atoms with van der Waals surface area (Å²) in [6.07, 6.45) is 11.4. The van der Waals surface area contributed by atoms with Gasteiger partial charge in [-0.05, 0) is 102 Å². The molecule has 1 aromatic carbocycles. The van der Waals surface area contributed by atoms with Crippen molar-refractivity contribution in [2.75, 3.05) is 18.4 Å². The van der Waals surface area contributed by atoms with E-state index in [0.717, 1.165) is 36.6 Å². The van der Waals surface area contributed by atoms with Gasteiger partial charge in [-0.3, -0.25) is 0 Å². The van der Waals surface area contributed by atoms with Crippen LogP contribution in [0.3, 0.4) is 0 Å². The summed E-state index contributed by atoms with van der Waals surface area (Å²) in [6, 6.07) is 7.26. The van der Waals surface area contributed by atoms with Crippen molar-refractivity contribution in [2.24, 2.45) is 22.6 Å². The van der Waals surface area contributed by atoms with E-state index in [1.165, 1.54) is 57.8 Å². The van der Waals surface area contributed by atoms with E-state index in [4.69, 9.17) is 33.9 Å². The van der Waals surface area contributed by atoms with Gasteiger partial charge >= 0.3 is 0 Å². The summed E-state index contributed by atoms with van der Waals surface area (Å²) in [6.45, 7) is 6.33. The fourth-order valence-electron chi connectivity index (χ4n) is 5.98. The number of hydrogen-bond donors (Lipinski definition) is 3. The lowest BCUT2D eigenvalue weighted by molar-refractivity contribution is 0.223. The van der Waals surface area contributed by atoms with E-state index < -0.39 is 0 Å². The second kappa shape index (κ2) is 11.6. The lowest BCUT2D eigenvalue weighted by Crippen LogP contribution is -2.57. The number of piperazine rings is 1. The quantitative estimate of drug-likeness (QED) is 0.360. The van der Waals surface area contributed by atoms with E-state index in [1.54, 1.807) is 6.07 Å². The van der Waals surface area contributed by atoms with Crippen molar-refractivity contribution in [3.05, 3.63) is 28.2 Å². The van der Waals surface area contributed by atoms with E-state index in [-0.39, 0.29) is 0 Å². The number of nitrogens with zero attached hydrogens (tertiary/aromatic N) is 2. The van der Waals surface area contributed by atoms with Crippen LogP contribution in [0.4, 0.5) is 5.69 Å². The van der Waals surface area contributed by atoms with Gasteiger partial charge in [0.15, 0.2) is 5.96 Å². The van der Waals surface area contributed by atoms with Crippen molar-refractivity contribution in [1.82, 2.24) is 10.2 Å². The Balaban J connectivity index is 1.41. The highest BCUT2D eigenvalue weighted by Gasteiger charge is 2.28. The fourth-order valence-corrected chi connectivity index (χ4v) is 6.44. The van der Waals surface area contributed by atoms with E-state index in [9.17, 15) is 0 Å². The molecule has 1 aliphatic heterocycles. The molecule has 3 aliphatic rings. The van der Waals surface area contributed by atoms with Crippen molar-refractivity contribution in [2.45, 2.75) is 95.8 Å². The van der Waals surface area contributed by atoms with Gasteiger partial charge in [-0.25, -0.2) is 4.99 Å². The maximum atomic E-state index is 6.49. The van der Waals surface area contributed by atoms with Crippen LogP contribution in [0.1, 0.15) is 71.6 Å². The molecule has 4 rings (SSSR count). The second-order valence-electron chi connectivity index (χ2n) is 10.8. The maximum absolute atomic E-state index is 6.49. The Morgan fingerprint density at radius 3 is 2.21 bits per heavy atom. The summed E-state index contributed by atoms with van der Waals surface area (Å²) in [7, 11) is 0. The summed E-state index contributed by atoms with van der Waals surface area (Å²) in [4.78, 5) is 7.66. The first kappa shape index (κ1) is 25.1. The summed E-state index contributed by atoms with van der Waals surface area (Å²) in [5.41, 5.74) is 6.97. The molecular formula is C26H41Cl2N5. The van der Waals surface area contributed by atoms with Crippen LogP contribution in [0.5, 0.6) is 0 Å². The smallest absolute Gasteiger partial charge is 0.198 e. The number of nitrogens with two attached hydrogens (primary N) is 1. The van der Waals surface area contributed by atoms with Gasteiger partial charge in [0.05, 0.1) is 16.8 Å². The normalized spacial score (nSPS) is 33.7. The molecule has 2 saturated carbocycles. The van der Waals surface area contributed by atoms with Crippen LogP contribution in [0.25, 0.3) is 0 Å². The van der Waals surface area contributed by atoms with Crippen LogP contribution in [0.2, 0.25) is 10.0 Å². The first-order valence-corrected chi connectivity index (χ1v) is 13.7. The Hall–Kier alpha value is -1.01. The molecule has 0 radical (unpaired) electrons. The zero-order chi connectivity index (χ0) is 23.4. The maximum Gasteiger partial charge on any atom is 0.198 e. The summed E-state index contributed by atoms with van der Waals surface area (Å²) in [5, 5.41) is 8.45. The number of benzene rings is 1. The molecule has 2 atom stereocenters. The number of halogens is 2. The predicted octanol–water partition coefficient (Wildman–Crippen LogP) is 5.91. The minimum Gasteiger partial charge on any atom is -0.340 e. The second-order valence-corrected chi connectivity index (χ2v) is 11.6. The minimum absolute atomic E-state index is 0.370. The zero-order valence-corrected chi connectivity index (χ0v) is 21.7. The van der Waals surface area contributed by atoms with Crippen molar-refractivity contribution in [3.63, 3.8) is 0 Å². The van der Waals surface area contributed by atoms with Crippen molar-refractivity contribution >= 4 is 34.8 Å². The van der Waals surface area contributed by atoms with E-state index in [2.05, 4.69) is 29.4 Å².